The Balaban J connectivity index is 2.20. The van der Waals surface area contributed by atoms with Crippen molar-refractivity contribution < 1.29 is 4.79 Å². The molecule has 1 aromatic carbocycles. The number of nitrogens with one attached hydrogen (secondary N) is 1. The van der Waals surface area contributed by atoms with Crippen LogP contribution in [0.1, 0.15) is 28.5 Å². The van der Waals surface area contributed by atoms with Crippen LogP contribution in [0.3, 0.4) is 0 Å². The summed E-state index contributed by atoms with van der Waals surface area (Å²) in [5, 5.41) is 6.95. The van der Waals surface area contributed by atoms with Crippen molar-refractivity contribution in [3.05, 3.63) is 41.2 Å². The molecule has 100 valence electrons. The molecule has 0 radical (unpaired) electrons. The average Bonchev–Trinajstić information content (AvgIpc) is 2.75. The van der Waals surface area contributed by atoms with E-state index in [4.69, 9.17) is 5.73 Å². The van der Waals surface area contributed by atoms with Crippen LogP contribution in [0.2, 0.25) is 0 Å². The van der Waals surface area contributed by atoms with Gasteiger partial charge in [-0.3, -0.25) is 9.48 Å². The molecule has 1 aromatic heterocycles. The minimum atomic E-state index is -0.284. The van der Waals surface area contributed by atoms with Gasteiger partial charge in [0.15, 0.2) is 5.69 Å². The van der Waals surface area contributed by atoms with Crippen molar-refractivity contribution in [3.8, 4) is 0 Å². The lowest BCUT2D eigenvalue weighted by Gasteiger charge is -2.06. The van der Waals surface area contributed by atoms with E-state index in [1.165, 1.54) is 5.56 Å². The van der Waals surface area contributed by atoms with E-state index in [9.17, 15) is 4.79 Å². The number of nitrogens with zero attached hydrogens (tertiary/aromatic N) is 2. The average molecular weight is 258 g/mol. The predicted octanol–water partition coefficient (Wildman–Crippen LogP) is 2.35. The molecule has 5 heteroatoms. The summed E-state index contributed by atoms with van der Waals surface area (Å²) in [5.74, 6) is -0.284. The molecule has 2 aromatic rings. The van der Waals surface area contributed by atoms with Gasteiger partial charge < -0.3 is 11.1 Å². The maximum Gasteiger partial charge on any atom is 0.278 e. The van der Waals surface area contributed by atoms with Gasteiger partial charge in [-0.25, -0.2) is 0 Å². The Morgan fingerprint density at radius 1 is 1.37 bits per heavy atom. The van der Waals surface area contributed by atoms with Crippen molar-refractivity contribution in [1.82, 2.24) is 9.78 Å². The standard InChI is InChI=1S/C14H18N4O/c1-4-18-8-12(15)13(17-18)14(19)16-11-6-5-9(2)10(3)7-11/h5-8H,4,15H2,1-3H3,(H,16,19). The van der Waals surface area contributed by atoms with Crippen LogP contribution in [0.5, 0.6) is 0 Å². The van der Waals surface area contributed by atoms with E-state index in [2.05, 4.69) is 10.4 Å². The zero-order chi connectivity index (χ0) is 14.0. The maximum absolute atomic E-state index is 12.1. The number of hydrogen-bond donors (Lipinski definition) is 2. The van der Waals surface area contributed by atoms with Gasteiger partial charge in [0, 0.05) is 18.4 Å². The number of nitrogens with two attached hydrogens (primary N) is 1. The molecule has 0 saturated heterocycles. The van der Waals surface area contributed by atoms with E-state index in [0.717, 1.165) is 11.3 Å². The lowest BCUT2D eigenvalue weighted by molar-refractivity contribution is 0.102. The van der Waals surface area contributed by atoms with Crippen LogP contribution in [0, 0.1) is 13.8 Å². The zero-order valence-electron chi connectivity index (χ0n) is 11.4. The number of hydrogen-bond acceptors (Lipinski definition) is 3. The van der Waals surface area contributed by atoms with Gasteiger partial charge in [0.1, 0.15) is 0 Å². The molecule has 1 heterocycles. The van der Waals surface area contributed by atoms with E-state index in [0.29, 0.717) is 12.2 Å². The minimum Gasteiger partial charge on any atom is -0.396 e. The number of amides is 1. The summed E-state index contributed by atoms with van der Waals surface area (Å²) >= 11 is 0. The number of rotatable bonds is 3. The highest BCUT2D eigenvalue weighted by Gasteiger charge is 2.14. The van der Waals surface area contributed by atoms with Gasteiger partial charge in [-0.2, -0.15) is 5.10 Å². The van der Waals surface area contributed by atoms with Crippen LogP contribution in [-0.2, 0) is 6.54 Å². The Bertz CT molecular complexity index is 616. The van der Waals surface area contributed by atoms with Crippen LogP contribution in [0.15, 0.2) is 24.4 Å². The van der Waals surface area contributed by atoms with Gasteiger partial charge in [0.25, 0.3) is 5.91 Å². The third-order valence-corrected chi connectivity index (χ3v) is 3.09. The van der Waals surface area contributed by atoms with Crippen LogP contribution < -0.4 is 11.1 Å². The number of carbonyl (C=O) groups excluding carboxylic acids is 1. The molecule has 19 heavy (non-hydrogen) atoms. The Hall–Kier alpha value is -2.30. The van der Waals surface area contributed by atoms with E-state index < -0.39 is 0 Å². The highest BCUT2D eigenvalue weighted by Crippen LogP contribution is 2.16. The van der Waals surface area contributed by atoms with Crippen LogP contribution >= 0.6 is 0 Å². The van der Waals surface area contributed by atoms with E-state index in [1.807, 2.05) is 39.0 Å². The van der Waals surface area contributed by atoms with Crippen LogP contribution in [0.4, 0.5) is 11.4 Å². The fraction of sp³-hybridized carbons (Fsp3) is 0.286. The molecule has 0 aliphatic heterocycles. The number of aromatic nitrogens is 2. The Morgan fingerprint density at radius 3 is 2.68 bits per heavy atom. The van der Waals surface area contributed by atoms with Gasteiger partial charge >= 0.3 is 0 Å². The number of nitrogen functional groups attached to an aromatic ring is 1. The second-order valence-electron chi connectivity index (χ2n) is 4.54. The number of anilines is 2. The van der Waals surface area contributed by atoms with Gasteiger partial charge in [0.05, 0.1) is 5.69 Å². The van der Waals surface area contributed by atoms with E-state index in [1.54, 1.807) is 10.9 Å². The SMILES string of the molecule is CCn1cc(N)c(C(=O)Nc2ccc(C)c(C)c2)n1. The first-order chi connectivity index (χ1) is 9.01. The van der Waals surface area contributed by atoms with Gasteiger partial charge in [-0.05, 0) is 44.0 Å². The quantitative estimate of drug-likeness (QED) is 0.887. The monoisotopic (exact) mass is 258 g/mol. The first kappa shape index (κ1) is 13.1. The molecule has 0 aliphatic carbocycles. The molecule has 0 aliphatic rings. The Kier molecular flexibility index (Phi) is 3.55. The van der Waals surface area contributed by atoms with Crippen molar-refractivity contribution in [2.75, 3.05) is 11.1 Å². The molecular weight excluding hydrogens is 240 g/mol. The smallest absolute Gasteiger partial charge is 0.278 e. The molecular formula is C14H18N4O. The lowest BCUT2D eigenvalue weighted by atomic mass is 10.1. The molecule has 0 atom stereocenters. The molecule has 0 saturated carbocycles. The summed E-state index contributed by atoms with van der Waals surface area (Å²) in [4.78, 5) is 12.1. The number of benzene rings is 1. The van der Waals surface area contributed by atoms with E-state index in [-0.39, 0.29) is 11.6 Å². The molecule has 1 amide bonds. The Labute approximate surface area is 112 Å². The molecule has 0 fully saturated rings. The second kappa shape index (κ2) is 5.14. The van der Waals surface area contributed by atoms with Gasteiger partial charge in [-0.1, -0.05) is 6.07 Å². The highest BCUT2D eigenvalue weighted by molar-refractivity contribution is 6.06. The fourth-order valence-electron chi connectivity index (χ4n) is 1.78. The van der Waals surface area contributed by atoms with E-state index >= 15 is 0 Å². The van der Waals surface area contributed by atoms with Crippen LogP contribution in [0.25, 0.3) is 0 Å². The molecule has 0 unspecified atom stereocenters. The topological polar surface area (TPSA) is 72.9 Å². The predicted molar refractivity (Wildman–Crippen MR) is 76.2 cm³/mol. The van der Waals surface area contributed by atoms with Gasteiger partial charge in [-0.15, -0.1) is 0 Å². The van der Waals surface area contributed by atoms with Crippen molar-refractivity contribution in [2.45, 2.75) is 27.3 Å². The first-order valence-electron chi connectivity index (χ1n) is 6.22. The molecule has 5 nitrogen and oxygen atoms in total. The third kappa shape index (κ3) is 2.76. The number of aryl methyl sites for hydroxylation is 3. The van der Waals surface area contributed by atoms with Crippen molar-refractivity contribution >= 4 is 17.3 Å². The fourth-order valence-corrected chi connectivity index (χ4v) is 1.78. The van der Waals surface area contributed by atoms with Crippen molar-refractivity contribution in [2.24, 2.45) is 0 Å². The lowest BCUT2D eigenvalue weighted by Crippen LogP contribution is -2.14. The molecule has 0 bridgehead atoms. The highest BCUT2D eigenvalue weighted by atomic mass is 16.2. The summed E-state index contributed by atoms with van der Waals surface area (Å²) in [6.45, 7) is 6.66. The summed E-state index contributed by atoms with van der Waals surface area (Å²) < 4.78 is 1.64. The molecule has 0 spiro atoms. The third-order valence-electron chi connectivity index (χ3n) is 3.09. The van der Waals surface area contributed by atoms with Crippen molar-refractivity contribution in [3.63, 3.8) is 0 Å². The van der Waals surface area contributed by atoms with Crippen molar-refractivity contribution in [1.29, 1.82) is 0 Å². The van der Waals surface area contributed by atoms with Crippen LogP contribution in [-0.4, -0.2) is 15.7 Å². The Morgan fingerprint density at radius 2 is 2.11 bits per heavy atom. The second-order valence-corrected chi connectivity index (χ2v) is 4.54. The summed E-state index contributed by atoms with van der Waals surface area (Å²) in [6.07, 6.45) is 1.66. The first-order valence-corrected chi connectivity index (χ1v) is 6.22. The molecule has 3 N–H and O–H groups in total. The summed E-state index contributed by atoms with van der Waals surface area (Å²) in [6, 6.07) is 5.77. The maximum atomic E-state index is 12.1. The normalized spacial score (nSPS) is 10.5. The summed E-state index contributed by atoms with van der Waals surface area (Å²) in [7, 11) is 0. The molecule has 2 rings (SSSR count). The summed E-state index contributed by atoms with van der Waals surface area (Å²) in [5.41, 5.74) is 9.50. The van der Waals surface area contributed by atoms with Gasteiger partial charge in [0.2, 0.25) is 0 Å². The largest absolute Gasteiger partial charge is 0.396 e. The number of carbonyl (C=O) groups is 1. The zero-order valence-corrected chi connectivity index (χ0v) is 11.4. The minimum absolute atomic E-state index is 0.264.